The van der Waals surface area contributed by atoms with Gasteiger partial charge in [0, 0.05) is 31.4 Å². The van der Waals surface area contributed by atoms with Crippen LogP contribution in [0.1, 0.15) is 15.9 Å². The van der Waals surface area contributed by atoms with E-state index in [0.717, 1.165) is 5.69 Å². The summed E-state index contributed by atoms with van der Waals surface area (Å²) in [6, 6.07) is 15.1. The first-order chi connectivity index (χ1) is 12.4. The normalized spacial score (nSPS) is 10.6. The van der Waals surface area contributed by atoms with E-state index in [9.17, 15) is 14.0 Å². The molecule has 6 heteroatoms. The Morgan fingerprint density at radius 2 is 1.58 bits per heavy atom. The number of halogens is 1. The van der Waals surface area contributed by atoms with Crippen LogP contribution in [0.25, 0.3) is 5.69 Å². The molecule has 2 aromatic carbocycles. The third kappa shape index (κ3) is 3.21. The number of aromatic nitrogens is 1. The highest BCUT2D eigenvalue weighted by atomic mass is 19.1. The van der Waals surface area contributed by atoms with Crippen LogP contribution in [-0.2, 0) is 0 Å². The molecule has 132 valence electrons. The molecule has 1 aromatic heterocycles. The topological polar surface area (TPSA) is 68.3 Å². The molecule has 0 atom stereocenters. The van der Waals surface area contributed by atoms with Crippen molar-refractivity contribution < 1.29 is 9.18 Å². The van der Waals surface area contributed by atoms with Gasteiger partial charge in [0.15, 0.2) is 5.78 Å². The molecule has 26 heavy (non-hydrogen) atoms. The van der Waals surface area contributed by atoms with Gasteiger partial charge < -0.3 is 10.6 Å². The van der Waals surface area contributed by atoms with Gasteiger partial charge in [0.2, 0.25) is 0 Å². The molecule has 0 unspecified atom stereocenters. The Hall–Kier alpha value is -3.41. The lowest BCUT2D eigenvalue weighted by molar-refractivity contribution is 0.103. The summed E-state index contributed by atoms with van der Waals surface area (Å²) in [6.45, 7) is 0. The highest BCUT2D eigenvalue weighted by Gasteiger charge is 2.17. The summed E-state index contributed by atoms with van der Waals surface area (Å²) in [7, 11) is 3.83. The van der Waals surface area contributed by atoms with E-state index in [1.54, 1.807) is 12.1 Å². The first kappa shape index (κ1) is 17.4. The molecule has 3 rings (SSSR count). The molecular weight excluding hydrogens is 333 g/mol. The van der Waals surface area contributed by atoms with Gasteiger partial charge in [0.1, 0.15) is 11.6 Å². The molecule has 2 N–H and O–H groups in total. The lowest BCUT2D eigenvalue weighted by Gasteiger charge is -2.16. The second-order valence-corrected chi connectivity index (χ2v) is 6.05. The summed E-state index contributed by atoms with van der Waals surface area (Å²) in [5.74, 6) is -0.758. The van der Waals surface area contributed by atoms with E-state index < -0.39 is 5.82 Å². The summed E-state index contributed by atoms with van der Waals surface area (Å²) >= 11 is 0. The minimum Gasteiger partial charge on any atom is -0.384 e. The Kier molecular flexibility index (Phi) is 4.58. The van der Waals surface area contributed by atoms with E-state index in [0.29, 0.717) is 11.3 Å². The van der Waals surface area contributed by atoms with Crippen LogP contribution >= 0.6 is 0 Å². The summed E-state index contributed by atoms with van der Waals surface area (Å²) in [6.07, 6.45) is 0. The van der Waals surface area contributed by atoms with Crippen molar-refractivity contribution in [3.05, 3.63) is 88.0 Å². The van der Waals surface area contributed by atoms with Crippen LogP contribution in [0.2, 0.25) is 0 Å². The van der Waals surface area contributed by atoms with Crippen LogP contribution in [-0.4, -0.2) is 24.4 Å². The molecule has 0 aliphatic carbocycles. The average Bonchev–Trinajstić information content (AvgIpc) is 2.62. The average molecular weight is 351 g/mol. The van der Waals surface area contributed by atoms with Crippen molar-refractivity contribution >= 4 is 17.3 Å². The highest BCUT2D eigenvalue weighted by molar-refractivity contribution is 6.11. The Bertz CT molecular complexity index is 1010. The number of carbonyl (C=O) groups excluding carboxylic acids is 1. The number of nitrogens with two attached hydrogens (primary N) is 1. The zero-order valence-electron chi connectivity index (χ0n) is 14.4. The maximum absolute atomic E-state index is 13.1. The first-order valence-electron chi connectivity index (χ1n) is 7.98. The van der Waals surface area contributed by atoms with Crippen LogP contribution in [0.4, 0.5) is 15.9 Å². The lowest BCUT2D eigenvalue weighted by Crippen LogP contribution is -2.23. The van der Waals surface area contributed by atoms with Crippen molar-refractivity contribution in [1.82, 2.24) is 4.57 Å². The Morgan fingerprint density at radius 1 is 0.962 bits per heavy atom. The summed E-state index contributed by atoms with van der Waals surface area (Å²) in [5.41, 5.74) is 7.82. The number of anilines is 2. The van der Waals surface area contributed by atoms with Crippen molar-refractivity contribution in [3.63, 3.8) is 0 Å². The molecule has 0 spiro atoms. The Morgan fingerprint density at radius 3 is 2.15 bits per heavy atom. The Balaban J connectivity index is 2.08. The summed E-state index contributed by atoms with van der Waals surface area (Å²) in [5, 5.41) is 0. The standard InChI is InChI=1S/C20H18FN3O2/c1-23(2)15-7-9-16(10-8-15)24-18(25)12-11-17(20(24)22)19(26)13-3-5-14(21)6-4-13/h3-12H,22H2,1-2H3. The fourth-order valence-corrected chi connectivity index (χ4v) is 2.67. The highest BCUT2D eigenvalue weighted by Crippen LogP contribution is 2.21. The minimum atomic E-state index is -0.430. The molecule has 3 aromatic rings. The van der Waals surface area contributed by atoms with Gasteiger partial charge >= 0.3 is 0 Å². The zero-order chi connectivity index (χ0) is 18.8. The number of nitrogens with zero attached hydrogens (tertiary/aromatic N) is 2. The van der Waals surface area contributed by atoms with Gasteiger partial charge in [-0.05, 0) is 54.6 Å². The van der Waals surface area contributed by atoms with Crippen molar-refractivity contribution in [2.75, 3.05) is 24.7 Å². The van der Waals surface area contributed by atoms with Crippen LogP contribution in [0.5, 0.6) is 0 Å². The van der Waals surface area contributed by atoms with Crippen molar-refractivity contribution in [2.24, 2.45) is 0 Å². The maximum Gasteiger partial charge on any atom is 0.256 e. The van der Waals surface area contributed by atoms with Crippen LogP contribution in [0.15, 0.2) is 65.5 Å². The number of benzene rings is 2. The van der Waals surface area contributed by atoms with Gasteiger partial charge in [-0.2, -0.15) is 0 Å². The van der Waals surface area contributed by atoms with E-state index in [-0.39, 0.29) is 22.7 Å². The molecule has 0 aliphatic rings. The molecular formula is C20H18FN3O2. The van der Waals surface area contributed by atoms with Crippen LogP contribution < -0.4 is 16.2 Å². The SMILES string of the molecule is CN(C)c1ccc(-n2c(N)c(C(=O)c3ccc(F)cc3)ccc2=O)cc1. The third-order valence-electron chi connectivity index (χ3n) is 4.11. The van der Waals surface area contributed by atoms with Crippen LogP contribution in [0, 0.1) is 5.82 Å². The predicted octanol–water partition coefficient (Wildman–Crippen LogP) is 2.86. The fourth-order valence-electron chi connectivity index (χ4n) is 2.67. The number of hydrogen-bond donors (Lipinski definition) is 1. The molecule has 5 nitrogen and oxygen atoms in total. The zero-order valence-corrected chi connectivity index (χ0v) is 14.4. The largest absolute Gasteiger partial charge is 0.384 e. The molecule has 0 radical (unpaired) electrons. The molecule has 0 aliphatic heterocycles. The molecule has 0 fully saturated rings. The third-order valence-corrected chi connectivity index (χ3v) is 4.11. The quantitative estimate of drug-likeness (QED) is 0.734. The van der Waals surface area contributed by atoms with E-state index in [2.05, 4.69) is 0 Å². The lowest BCUT2D eigenvalue weighted by atomic mass is 10.0. The second kappa shape index (κ2) is 6.84. The minimum absolute atomic E-state index is 0.0458. The number of hydrogen-bond acceptors (Lipinski definition) is 4. The number of pyridine rings is 1. The second-order valence-electron chi connectivity index (χ2n) is 6.05. The molecule has 1 heterocycles. The van der Waals surface area contributed by atoms with Gasteiger partial charge in [-0.1, -0.05) is 0 Å². The molecule has 0 saturated heterocycles. The molecule has 0 bridgehead atoms. The van der Waals surface area contributed by atoms with E-state index in [1.165, 1.54) is 41.0 Å². The monoisotopic (exact) mass is 351 g/mol. The summed E-state index contributed by atoms with van der Waals surface area (Å²) in [4.78, 5) is 27.0. The molecule has 0 amide bonds. The van der Waals surface area contributed by atoms with Gasteiger partial charge in [-0.3, -0.25) is 14.2 Å². The van der Waals surface area contributed by atoms with Gasteiger partial charge in [0.25, 0.3) is 5.56 Å². The smallest absolute Gasteiger partial charge is 0.256 e. The van der Waals surface area contributed by atoms with E-state index in [1.807, 2.05) is 31.1 Å². The predicted molar refractivity (Wildman–Crippen MR) is 101 cm³/mol. The number of rotatable bonds is 4. The first-order valence-corrected chi connectivity index (χ1v) is 7.98. The Labute approximate surface area is 150 Å². The van der Waals surface area contributed by atoms with Crippen LogP contribution in [0.3, 0.4) is 0 Å². The number of nitrogen functional groups attached to an aromatic ring is 1. The van der Waals surface area contributed by atoms with Gasteiger partial charge in [0.05, 0.1) is 11.3 Å². The maximum atomic E-state index is 13.1. The van der Waals surface area contributed by atoms with E-state index in [4.69, 9.17) is 5.73 Å². The summed E-state index contributed by atoms with van der Waals surface area (Å²) < 4.78 is 14.4. The van der Waals surface area contributed by atoms with Crippen molar-refractivity contribution in [3.8, 4) is 5.69 Å². The number of ketones is 1. The van der Waals surface area contributed by atoms with Gasteiger partial charge in [-0.25, -0.2) is 4.39 Å². The fraction of sp³-hybridized carbons (Fsp3) is 0.100. The molecule has 0 saturated carbocycles. The number of carbonyl (C=O) groups is 1. The van der Waals surface area contributed by atoms with Crippen molar-refractivity contribution in [2.45, 2.75) is 0 Å². The van der Waals surface area contributed by atoms with E-state index >= 15 is 0 Å². The van der Waals surface area contributed by atoms with Gasteiger partial charge in [-0.15, -0.1) is 0 Å². The van der Waals surface area contributed by atoms with Crippen molar-refractivity contribution in [1.29, 1.82) is 0 Å².